The second kappa shape index (κ2) is 7.76. The summed E-state index contributed by atoms with van der Waals surface area (Å²) in [4.78, 5) is 12.2. The van der Waals surface area contributed by atoms with Crippen molar-refractivity contribution in [1.29, 1.82) is 0 Å². The highest BCUT2D eigenvalue weighted by molar-refractivity contribution is 5.96. The third-order valence-electron chi connectivity index (χ3n) is 3.64. The number of carbonyl (C=O) groups excluding carboxylic acids is 1. The summed E-state index contributed by atoms with van der Waals surface area (Å²) in [6.45, 7) is 0.281. The first-order valence-corrected chi connectivity index (χ1v) is 7.79. The van der Waals surface area contributed by atoms with Crippen molar-refractivity contribution in [2.24, 2.45) is 0 Å². The normalized spacial score (nSPS) is 13.2. The molecular formula is C18H19NO6. The SMILES string of the molecule is COc1ccccc1C(=O)NC[C@@H](O)COc1ccc2c(c1)OCO2. The average Bonchev–Trinajstić information content (AvgIpc) is 3.12. The van der Waals surface area contributed by atoms with Crippen molar-refractivity contribution < 1.29 is 28.8 Å². The van der Waals surface area contributed by atoms with Crippen LogP contribution in [-0.4, -0.2) is 44.2 Å². The summed E-state index contributed by atoms with van der Waals surface area (Å²) in [7, 11) is 1.50. The number of amides is 1. The van der Waals surface area contributed by atoms with Gasteiger partial charge in [0, 0.05) is 12.6 Å². The first-order valence-electron chi connectivity index (χ1n) is 7.79. The van der Waals surface area contributed by atoms with Gasteiger partial charge >= 0.3 is 0 Å². The van der Waals surface area contributed by atoms with Crippen molar-refractivity contribution in [3.8, 4) is 23.0 Å². The Balaban J connectivity index is 1.48. The Labute approximate surface area is 145 Å². The Morgan fingerprint density at radius 1 is 1.24 bits per heavy atom. The maximum Gasteiger partial charge on any atom is 0.255 e. The van der Waals surface area contributed by atoms with Gasteiger partial charge in [0.1, 0.15) is 24.2 Å². The summed E-state index contributed by atoms with van der Waals surface area (Å²) in [5, 5.41) is 12.7. The zero-order valence-electron chi connectivity index (χ0n) is 13.7. The van der Waals surface area contributed by atoms with Crippen LogP contribution in [0.1, 0.15) is 10.4 Å². The Kier molecular flexibility index (Phi) is 5.25. The highest BCUT2D eigenvalue weighted by atomic mass is 16.7. The molecule has 0 aliphatic carbocycles. The van der Waals surface area contributed by atoms with Crippen LogP contribution in [0.2, 0.25) is 0 Å². The summed E-state index contributed by atoms with van der Waals surface area (Å²) < 4.78 is 21.1. The van der Waals surface area contributed by atoms with E-state index in [2.05, 4.69) is 5.32 Å². The third-order valence-corrected chi connectivity index (χ3v) is 3.64. The number of nitrogens with one attached hydrogen (secondary N) is 1. The second-order valence-electron chi connectivity index (χ2n) is 5.39. The van der Waals surface area contributed by atoms with Gasteiger partial charge in [-0.1, -0.05) is 12.1 Å². The van der Waals surface area contributed by atoms with Crippen LogP contribution in [0, 0.1) is 0 Å². The number of hydrogen-bond donors (Lipinski definition) is 2. The summed E-state index contributed by atoms with van der Waals surface area (Å²) in [6.07, 6.45) is -0.857. The van der Waals surface area contributed by atoms with Gasteiger partial charge in [0.05, 0.1) is 12.7 Å². The van der Waals surface area contributed by atoms with E-state index >= 15 is 0 Å². The molecule has 7 nitrogen and oxygen atoms in total. The van der Waals surface area contributed by atoms with Crippen LogP contribution in [0.15, 0.2) is 42.5 Å². The smallest absolute Gasteiger partial charge is 0.255 e. The number of ether oxygens (including phenoxy) is 4. The maximum absolute atomic E-state index is 12.2. The number of aliphatic hydroxyl groups excluding tert-OH is 1. The fourth-order valence-electron chi connectivity index (χ4n) is 2.36. The highest BCUT2D eigenvalue weighted by Gasteiger charge is 2.16. The summed E-state index contributed by atoms with van der Waals surface area (Å²) in [5.74, 6) is 1.98. The molecule has 1 aliphatic rings. The largest absolute Gasteiger partial charge is 0.496 e. The lowest BCUT2D eigenvalue weighted by Gasteiger charge is -2.14. The van der Waals surface area contributed by atoms with Gasteiger partial charge in [-0.2, -0.15) is 0 Å². The number of benzene rings is 2. The predicted octanol–water partition coefficient (Wildman–Crippen LogP) is 1.59. The van der Waals surface area contributed by atoms with Crippen molar-refractivity contribution in [3.63, 3.8) is 0 Å². The quantitative estimate of drug-likeness (QED) is 0.793. The zero-order valence-corrected chi connectivity index (χ0v) is 13.7. The molecule has 2 aromatic rings. The van der Waals surface area contributed by atoms with Crippen LogP contribution in [0.3, 0.4) is 0 Å². The van der Waals surface area contributed by atoms with Crippen LogP contribution in [0.5, 0.6) is 23.0 Å². The van der Waals surface area contributed by atoms with Gasteiger partial charge in [-0.05, 0) is 24.3 Å². The fourth-order valence-corrected chi connectivity index (χ4v) is 2.36. The van der Waals surface area contributed by atoms with Gasteiger partial charge in [-0.3, -0.25) is 4.79 Å². The molecule has 132 valence electrons. The van der Waals surface area contributed by atoms with Gasteiger partial charge in [-0.15, -0.1) is 0 Å². The standard InChI is InChI=1S/C18H19NO6/c1-22-15-5-3-2-4-14(15)18(21)19-9-12(20)10-23-13-6-7-16-17(8-13)25-11-24-16/h2-8,12,20H,9-11H2,1H3,(H,19,21)/t12-/m1/s1. The molecule has 1 amide bonds. The molecule has 2 N–H and O–H groups in total. The van der Waals surface area contributed by atoms with Crippen LogP contribution >= 0.6 is 0 Å². The van der Waals surface area contributed by atoms with Gasteiger partial charge < -0.3 is 29.4 Å². The van der Waals surface area contributed by atoms with Gasteiger partial charge in [0.15, 0.2) is 11.5 Å². The molecule has 7 heteroatoms. The van der Waals surface area contributed by atoms with E-state index in [4.69, 9.17) is 18.9 Å². The minimum atomic E-state index is -0.857. The van der Waals surface area contributed by atoms with Crippen LogP contribution in [-0.2, 0) is 0 Å². The topological polar surface area (TPSA) is 86.3 Å². The minimum Gasteiger partial charge on any atom is -0.496 e. The van der Waals surface area contributed by atoms with Crippen molar-refractivity contribution in [2.75, 3.05) is 27.1 Å². The molecular weight excluding hydrogens is 326 g/mol. The molecule has 1 aliphatic heterocycles. The van der Waals surface area contributed by atoms with Gasteiger partial charge in [-0.25, -0.2) is 0 Å². The van der Waals surface area contributed by atoms with Crippen LogP contribution < -0.4 is 24.3 Å². The molecule has 0 saturated carbocycles. The van der Waals surface area contributed by atoms with Crippen molar-refractivity contribution in [2.45, 2.75) is 6.10 Å². The van der Waals surface area contributed by atoms with Crippen molar-refractivity contribution >= 4 is 5.91 Å². The Hall–Kier alpha value is -2.93. The molecule has 0 aromatic heterocycles. The molecule has 0 fully saturated rings. The number of carbonyl (C=O) groups is 1. The van der Waals surface area contributed by atoms with Gasteiger partial charge in [0.2, 0.25) is 6.79 Å². The fraction of sp³-hybridized carbons (Fsp3) is 0.278. The molecule has 0 radical (unpaired) electrons. The monoisotopic (exact) mass is 345 g/mol. The average molecular weight is 345 g/mol. The molecule has 3 rings (SSSR count). The number of methoxy groups -OCH3 is 1. The lowest BCUT2D eigenvalue weighted by Crippen LogP contribution is -2.35. The zero-order chi connectivity index (χ0) is 17.6. The first kappa shape index (κ1) is 16.9. The van der Waals surface area contributed by atoms with E-state index in [1.54, 1.807) is 42.5 Å². The maximum atomic E-state index is 12.2. The molecule has 25 heavy (non-hydrogen) atoms. The number of fused-ring (bicyclic) bond motifs is 1. The van der Waals surface area contributed by atoms with E-state index in [0.29, 0.717) is 28.6 Å². The highest BCUT2D eigenvalue weighted by Crippen LogP contribution is 2.35. The van der Waals surface area contributed by atoms with E-state index in [9.17, 15) is 9.90 Å². The van der Waals surface area contributed by atoms with E-state index in [-0.39, 0.29) is 25.9 Å². The van der Waals surface area contributed by atoms with Gasteiger partial charge in [0.25, 0.3) is 5.91 Å². The molecule has 0 bridgehead atoms. The summed E-state index contributed by atoms with van der Waals surface area (Å²) in [6, 6.07) is 12.1. The third kappa shape index (κ3) is 4.13. The minimum absolute atomic E-state index is 0.0336. The van der Waals surface area contributed by atoms with Crippen LogP contribution in [0.4, 0.5) is 0 Å². The number of aliphatic hydroxyl groups is 1. The van der Waals surface area contributed by atoms with E-state index < -0.39 is 6.10 Å². The van der Waals surface area contributed by atoms with E-state index in [1.807, 2.05) is 0 Å². The molecule has 0 spiro atoms. The summed E-state index contributed by atoms with van der Waals surface area (Å²) in [5.41, 5.74) is 0.411. The van der Waals surface area contributed by atoms with E-state index in [1.165, 1.54) is 7.11 Å². The Morgan fingerprint density at radius 3 is 2.88 bits per heavy atom. The molecule has 2 aromatic carbocycles. The number of hydrogen-bond acceptors (Lipinski definition) is 6. The van der Waals surface area contributed by atoms with Crippen LogP contribution in [0.25, 0.3) is 0 Å². The summed E-state index contributed by atoms with van der Waals surface area (Å²) >= 11 is 0. The predicted molar refractivity (Wildman–Crippen MR) is 89.4 cm³/mol. The Bertz CT molecular complexity index is 748. The lowest BCUT2D eigenvalue weighted by atomic mass is 10.2. The first-order chi connectivity index (χ1) is 12.2. The second-order valence-corrected chi connectivity index (χ2v) is 5.39. The molecule has 1 heterocycles. The van der Waals surface area contributed by atoms with Crippen molar-refractivity contribution in [1.82, 2.24) is 5.32 Å². The lowest BCUT2D eigenvalue weighted by molar-refractivity contribution is 0.0841. The molecule has 1 atom stereocenters. The Morgan fingerprint density at radius 2 is 2.04 bits per heavy atom. The molecule has 0 unspecified atom stereocenters. The molecule has 0 saturated heterocycles. The number of rotatable bonds is 7. The number of para-hydroxylation sites is 1. The van der Waals surface area contributed by atoms with Crippen molar-refractivity contribution in [3.05, 3.63) is 48.0 Å². The van der Waals surface area contributed by atoms with E-state index in [0.717, 1.165) is 0 Å².